The van der Waals surface area contributed by atoms with E-state index in [-0.39, 0.29) is 12.0 Å². The quantitative estimate of drug-likeness (QED) is 0.810. The summed E-state index contributed by atoms with van der Waals surface area (Å²) in [6, 6.07) is 10.5. The lowest BCUT2D eigenvalue weighted by Gasteiger charge is -2.24. The van der Waals surface area contributed by atoms with Crippen molar-refractivity contribution in [1.29, 1.82) is 0 Å². The van der Waals surface area contributed by atoms with Gasteiger partial charge < -0.3 is 15.0 Å². The zero-order valence-corrected chi connectivity index (χ0v) is 16.8. The molecule has 2 aliphatic rings. The van der Waals surface area contributed by atoms with Crippen LogP contribution in [0.3, 0.4) is 0 Å². The van der Waals surface area contributed by atoms with Crippen LogP contribution in [0.2, 0.25) is 0 Å². The molecule has 0 radical (unpaired) electrons. The van der Waals surface area contributed by atoms with E-state index in [0.717, 1.165) is 58.6 Å². The fourth-order valence-electron chi connectivity index (χ4n) is 3.93. The first kappa shape index (κ1) is 19.8. The molecule has 1 aromatic heterocycles. The van der Waals surface area contributed by atoms with Crippen molar-refractivity contribution in [2.24, 2.45) is 0 Å². The molecular formula is C22H29N5O2. The lowest BCUT2D eigenvalue weighted by atomic mass is 10.2. The Kier molecular flexibility index (Phi) is 6.69. The van der Waals surface area contributed by atoms with E-state index in [0.29, 0.717) is 18.1 Å². The predicted octanol–water partition coefficient (Wildman–Crippen LogP) is 2.42. The molecule has 2 aliphatic heterocycles. The Morgan fingerprint density at radius 2 is 1.93 bits per heavy atom. The highest BCUT2D eigenvalue weighted by Gasteiger charge is 2.22. The Bertz CT molecular complexity index is 795. The predicted molar refractivity (Wildman–Crippen MR) is 112 cm³/mol. The zero-order valence-electron chi connectivity index (χ0n) is 16.8. The van der Waals surface area contributed by atoms with Gasteiger partial charge in [0.15, 0.2) is 0 Å². The third-order valence-corrected chi connectivity index (χ3v) is 5.44. The Hall–Kier alpha value is -2.51. The number of nitrogens with one attached hydrogen (secondary N) is 1. The number of rotatable bonds is 6. The molecule has 154 valence electrons. The number of benzene rings is 1. The van der Waals surface area contributed by atoms with Gasteiger partial charge in [0.2, 0.25) is 0 Å². The SMILES string of the molecule is O=C(c1cncc(NCC2CN(Cc3ccccc3)CCCO2)n1)N1CCCC1. The minimum absolute atomic E-state index is 0.0293. The summed E-state index contributed by atoms with van der Waals surface area (Å²) in [4.78, 5) is 25.5. The monoisotopic (exact) mass is 395 g/mol. The van der Waals surface area contributed by atoms with E-state index in [2.05, 4.69) is 44.5 Å². The van der Waals surface area contributed by atoms with Crippen molar-refractivity contribution >= 4 is 11.7 Å². The van der Waals surface area contributed by atoms with E-state index in [1.165, 1.54) is 5.56 Å². The first-order valence-electron chi connectivity index (χ1n) is 10.5. The van der Waals surface area contributed by atoms with E-state index < -0.39 is 0 Å². The summed E-state index contributed by atoms with van der Waals surface area (Å²) in [6.07, 6.45) is 6.45. The van der Waals surface area contributed by atoms with Gasteiger partial charge in [-0.25, -0.2) is 4.98 Å². The van der Waals surface area contributed by atoms with Crippen LogP contribution in [-0.2, 0) is 11.3 Å². The highest BCUT2D eigenvalue weighted by Crippen LogP contribution is 2.14. The maximum atomic E-state index is 12.5. The Morgan fingerprint density at radius 3 is 2.76 bits per heavy atom. The summed E-state index contributed by atoms with van der Waals surface area (Å²) in [5.41, 5.74) is 1.73. The van der Waals surface area contributed by atoms with Gasteiger partial charge in [0.25, 0.3) is 5.91 Å². The Labute approximate surface area is 172 Å². The number of likely N-dealkylation sites (tertiary alicyclic amines) is 1. The summed E-state index contributed by atoms with van der Waals surface area (Å²) >= 11 is 0. The molecule has 7 heteroatoms. The standard InChI is InChI=1S/C22H29N5O2/c28-22(27-10-4-5-11-27)20-14-23-15-21(25-20)24-13-19-17-26(9-6-12-29-19)16-18-7-2-1-3-8-18/h1-3,7-8,14-15,19H,4-6,9-13,16-17H2,(H,24,25). The normalized spacial score (nSPS) is 20.4. The minimum atomic E-state index is -0.0293. The number of nitrogens with zero attached hydrogens (tertiary/aromatic N) is 4. The number of aromatic nitrogens is 2. The van der Waals surface area contributed by atoms with Crippen molar-refractivity contribution in [3.63, 3.8) is 0 Å². The van der Waals surface area contributed by atoms with Crippen molar-refractivity contribution in [2.45, 2.75) is 31.9 Å². The van der Waals surface area contributed by atoms with Crippen LogP contribution >= 0.6 is 0 Å². The second-order valence-electron chi connectivity index (χ2n) is 7.74. The van der Waals surface area contributed by atoms with Gasteiger partial charge in [0.1, 0.15) is 11.5 Å². The lowest BCUT2D eigenvalue weighted by Crippen LogP contribution is -2.35. The molecule has 4 rings (SSSR count). The first-order valence-corrected chi connectivity index (χ1v) is 10.5. The van der Waals surface area contributed by atoms with Gasteiger partial charge in [-0.15, -0.1) is 0 Å². The fourth-order valence-corrected chi connectivity index (χ4v) is 3.93. The van der Waals surface area contributed by atoms with Crippen molar-refractivity contribution in [3.05, 3.63) is 54.0 Å². The van der Waals surface area contributed by atoms with Crippen LogP contribution in [0.4, 0.5) is 5.82 Å². The molecule has 1 N–H and O–H groups in total. The summed E-state index contributed by atoms with van der Waals surface area (Å²) in [5.74, 6) is 0.593. The molecule has 1 unspecified atom stereocenters. The lowest BCUT2D eigenvalue weighted by molar-refractivity contribution is 0.0624. The van der Waals surface area contributed by atoms with Crippen molar-refractivity contribution in [1.82, 2.24) is 19.8 Å². The van der Waals surface area contributed by atoms with Crippen LogP contribution in [-0.4, -0.2) is 71.1 Å². The summed E-state index contributed by atoms with van der Waals surface area (Å²) in [5, 5.41) is 3.32. The van der Waals surface area contributed by atoms with Gasteiger partial charge in [-0.2, -0.15) is 0 Å². The summed E-state index contributed by atoms with van der Waals surface area (Å²) in [6.45, 7) is 5.85. The molecule has 0 spiro atoms. The Morgan fingerprint density at radius 1 is 1.10 bits per heavy atom. The number of ether oxygens (including phenoxy) is 1. The van der Waals surface area contributed by atoms with E-state index in [9.17, 15) is 4.79 Å². The van der Waals surface area contributed by atoms with Gasteiger partial charge >= 0.3 is 0 Å². The van der Waals surface area contributed by atoms with E-state index in [1.54, 1.807) is 12.4 Å². The third kappa shape index (κ3) is 5.52. The van der Waals surface area contributed by atoms with Crippen LogP contribution < -0.4 is 5.32 Å². The van der Waals surface area contributed by atoms with E-state index in [1.807, 2.05) is 11.0 Å². The molecular weight excluding hydrogens is 366 g/mol. The average Bonchev–Trinajstić information content (AvgIpc) is 3.21. The highest BCUT2D eigenvalue weighted by molar-refractivity contribution is 5.92. The molecule has 0 bridgehead atoms. The van der Waals surface area contributed by atoms with Crippen molar-refractivity contribution in [2.75, 3.05) is 44.6 Å². The van der Waals surface area contributed by atoms with Gasteiger partial charge in [0.05, 0.1) is 18.5 Å². The number of amides is 1. The minimum Gasteiger partial charge on any atom is -0.375 e. The molecule has 1 amide bonds. The smallest absolute Gasteiger partial charge is 0.274 e. The van der Waals surface area contributed by atoms with Crippen LogP contribution in [0.15, 0.2) is 42.7 Å². The number of anilines is 1. The number of carbonyl (C=O) groups is 1. The largest absolute Gasteiger partial charge is 0.375 e. The van der Waals surface area contributed by atoms with Crippen LogP contribution in [0.25, 0.3) is 0 Å². The van der Waals surface area contributed by atoms with Gasteiger partial charge in [-0.3, -0.25) is 14.7 Å². The highest BCUT2D eigenvalue weighted by atomic mass is 16.5. The molecule has 0 aliphatic carbocycles. The number of hydrogen-bond acceptors (Lipinski definition) is 6. The molecule has 1 aromatic carbocycles. The molecule has 2 aromatic rings. The first-order chi connectivity index (χ1) is 14.3. The van der Waals surface area contributed by atoms with E-state index in [4.69, 9.17) is 4.74 Å². The van der Waals surface area contributed by atoms with Gasteiger partial charge in [0, 0.05) is 45.9 Å². The topological polar surface area (TPSA) is 70.6 Å². The second kappa shape index (κ2) is 9.80. The van der Waals surface area contributed by atoms with Crippen molar-refractivity contribution in [3.8, 4) is 0 Å². The number of hydrogen-bond donors (Lipinski definition) is 1. The zero-order chi connectivity index (χ0) is 19.9. The molecule has 29 heavy (non-hydrogen) atoms. The maximum Gasteiger partial charge on any atom is 0.274 e. The van der Waals surface area contributed by atoms with Crippen LogP contribution in [0.1, 0.15) is 35.3 Å². The summed E-state index contributed by atoms with van der Waals surface area (Å²) < 4.78 is 6.02. The Balaban J connectivity index is 1.33. The maximum absolute atomic E-state index is 12.5. The fraction of sp³-hybridized carbons (Fsp3) is 0.500. The summed E-state index contributed by atoms with van der Waals surface area (Å²) in [7, 11) is 0. The van der Waals surface area contributed by atoms with Crippen LogP contribution in [0, 0.1) is 0 Å². The molecule has 2 saturated heterocycles. The molecule has 3 heterocycles. The van der Waals surface area contributed by atoms with Gasteiger partial charge in [-0.05, 0) is 24.8 Å². The number of carbonyl (C=O) groups excluding carboxylic acids is 1. The molecule has 2 fully saturated rings. The van der Waals surface area contributed by atoms with Gasteiger partial charge in [-0.1, -0.05) is 30.3 Å². The van der Waals surface area contributed by atoms with E-state index >= 15 is 0 Å². The molecule has 1 atom stereocenters. The molecule has 7 nitrogen and oxygen atoms in total. The third-order valence-electron chi connectivity index (χ3n) is 5.44. The van der Waals surface area contributed by atoms with Crippen molar-refractivity contribution < 1.29 is 9.53 Å². The van der Waals surface area contributed by atoms with Crippen LogP contribution in [0.5, 0.6) is 0 Å². The average molecular weight is 396 g/mol. The molecule has 0 saturated carbocycles. The second-order valence-corrected chi connectivity index (χ2v) is 7.74.